The van der Waals surface area contributed by atoms with Gasteiger partial charge in [0.1, 0.15) is 21.8 Å². The van der Waals surface area contributed by atoms with Gasteiger partial charge in [0.2, 0.25) is 0 Å². The number of amides is 1. The average molecular weight is 525 g/mol. The van der Waals surface area contributed by atoms with Crippen molar-refractivity contribution >= 4 is 45.3 Å². The number of aromatic nitrogens is 4. The van der Waals surface area contributed by atoms with E-state index in [1.165, 1.54) is 11.3 Å². The predicted molar refractivity (Wildman–Crippen MR) is 141 cm³/mol. The van der Waals surface area contributed by atoms with Gasteiger partial charge in [-0.1, -0.05) is 0 Å². The summed E-state index contributed by atoms with van der Waals surface area (Å²) in [5.74, 6) is 0.716. The van der Waals surface area contributed by atoms with Crippen molar-refractivity contribution in [3.05, 3.63) is 35.7 Å². The highest BCUT2D eigenvalue weighted by Gasteiger charge is 2.43. The summed E-state index contributed by atoms with van der Waals surface area (Å²) in [5.41, 5.74) is 3.47. The third kappa shape index (κ3) is 4.19. The van der Waals surface area contributed by atoms with Gasteiger partial charge in [0, 0.05) is 48.5 Å². The Labute approximate surface area is 216 Å². The Morgan fingerprint density at radius 2 is 1.94 bits per heavy atom. The molecule has 0 radical (unpaired) electrons. The molecule has 9 nitrogen and oxygen atoms in total. The lowest BCUT2D eigenvalue weighted by molar-refractivity contribution is -0.138. The van der Waals surface area contributed by atoms with Crippen LogP contribution >= 0.6 is 22.7 Å². The fraction of sp³-hybridized carbons (Fsp3) is 0.440. The molecule has 5 atom stereocenters. The number of carbonyl (C=O) groups is 1. The topological polar surface area (TPSA) is 127 Å². The third-order valence-electron chi connectivity index (χ3n) is 7.25. The smallest absolute Gasteiger partial charge is 0.251 e. The minimum Gasteiger partial charge on any atom is -0.387 e. The van der Waals surface area contributed by atoms with Crippen molar-refractivity contribution in [1.82, 2.24) is 24.8 Å². The number of nitrogens with zero attached hydrogens (tertiary/aromatic N) is 4. The van der Waals surface area contributed by atoms with E-state index in [1.54, 1.807) is 25.2 Å². The molecule has 11 heteroatoms. The number of thiazole rings is 2. The van der Waals surface area contributed by atoms with Crippen LogP contribution in [0.1, 0.15) is 38.5 Å². The van der Waals surface area contributed by atoms with Crippen molar-refractivity contribution in [3.63, 3.8) is 0 Å². The lowest BCUT2D eigenvalue weighted by Crippen LogP contribution is -2.37. The third-order valence-corrected chi connectivity index (χ3v) is 9.31. The van der Waals surface area contributed by atoms with E-state index < -0.39 is 12.2 Å². The van der Waals surface area contributed by atoms with Crippen LogP contribution < -0.4 is 5.32 Å². The molecule has 0 bridgehead atoms. The Hall–Kier alpha value is -2.86. The number of anilines is 1. The summed E-state index contributed by atoms with van der Waals surface area (Å²) in [5, 5.41) is 27.9. The van der Waals surface area contributed by atoms with Crippen molar-refractivity contribution < 1.29 is 15.0 Å². The number of H-pyrrole nitrogens is 1. The number of aliphatic hydroxyl groups is 2. The maximum Gasteiger partial charge on any atom is 0.251 e. The molecule has 36 heavy (non-hydrogen) atoms. The van der Waals surface area contributed by atoms with Crippen LogP contribution in [0.4, 0.5) is 5.69 Å². The standard InChI is InChI=1S/C25H28N6O3S2/c1-12(32)19-11-35-24(30-19)20-8-28-23(36-20)18-7-27-22-17(3-4-26-22)21(18)29-16-5-14-9-31(10-15(14)6-16)25(34)13(2)33/h3-4,7-8,11-16,32-33H,5-6,9-10H2,1-2H3,(H2,26,27,29)/t12?,13-,14-,15+,16?/m0/s1. The molecule has 2 unspecified atom stereocenters. The zero-order chi connectivity index (χ0) is 25.0. The largest absolute Gasteiger partial charge is 0.387 e. The van der Waals surface area contributed by atoms with Crippen LogP contribution in [-0.4, -0.2) is 66.2 Å². The Bertz CT molecular complexity index is 1400. The van der Waals surface area contributed by atoms with Gasteiger partial charge in [-0.25, -0.2) is 15.0 Å². The first kappa shape index (κ1) is 23.5. The number of hydrogen-bond acceptors (Lipinski definition) is 9. The zero-order valence-corrected chi connectivity index (χ0v) is 21.6. The summed E-state index contributed by atoms with van der Waals surface area (Å²) in [4.78, 5) is 32.1. The minimum absolute atomic E-state index is 0.167. The van der Waals surface area contributed by atoms with E-state index in [0.717, 1.165) is 50.0 Å². The Morgan fingerprint density at radius 3 is 2.64 bits per heavy atom. The fourth-order valence-corrected chi connectivity index (χ4v) is 7.38. The zero-order valence-electron chi connectivity index (χ0n) is 20.0. The lowest BCUT2D eigenvalue weighted by atomic mass is 10.0. The second-order valence-corrected chi connectivity index (χ2v) is 11.7. The average Bonchev–Trinajstić information content (AvgIpc) is 3.65. The molecular formula is C25H28N6O3S2. The summed E-state index contributed by atoms with van der Waals surface area (Å²) in [7, 11) is 0. The first-order chi connectivity index (χ1) is 17.4. The van der Waals surface area contributed by atoms with Crippen molar-refractivity contribution in [2.45, 2.75) is 44.9 Å². The van der Waals surface area contributed by atoms with E-state index >= 15 is 0 Å². The molecule has 2 aliphatic rings. The molecule has 1 saturated heterocycles. The molecule has 4 aromatic heterocycles. The molecule has 188 valence electrons. The number of hydrogen-bond donors (Lipinski definition) is 4. The second kappa shape index (κ2) is 9.22. The van der Waals surface area contributed by atoms with Crippen molar-refractivity contribution in [1.29, 1.82) is 0 Å². The second-order valence-electron chi connectivity index (χ2n) is 9.82. The van der Waals surface area contributed by atoms with Crippen molar-refractivity contribution in [3.8, 4) is 20.5 Å². The number of fused-ring (bicyclic) bond motifs is 2. The molecule has 1 aliphatic carbocycles. The van der Waals surface area contributed by atoms with Crippen molar-refractivity contribution in [2.24, 2.45) is 11.8 Å². The highest BCUT2D eigenvalue weighted by atomic mass is 32.1. The van der Waals surface area contributed by atoms with Gasteiger partial charge in [0.15, 0.2) is 0 Å². The molecule has 2 fully saturated rings. The van der Waals surface area contributed by atoms with E-state index in [0.29, 0.717) is 30.6 Å². The summed E-state index contributed by atoms with van der Waals surface area (Å²) in [6.07, 6.45) is 6.02. The minimum atomic E-state index is -0.940. The number of aliphatic hydroxyl groups excluding tert-OH is 2. The highest BCUT2D eigenvalue weighted by molar-refractivity contribution is 7.22. The van der Waals surface area contributed by atoms with E-state index in [-0.39, 0.29) is 11.9 Å². The van der Waals surface area contributed by atoms with E-state index in [9.17, 15) is 15.0 Å². The first-order valence-corrected chi connectivity index (χ1v) is 13.9. The van der Waals surface area contributed by atoms with Gasteiger partial charge >= 0.3 is 0 Å². The maximum atomic E-state index is 12.2. The highest BCUT2D eigenvalue weighted by Crippen LogP contribution is 2.43. The van der Waals surface area contributed by atoms with Gasteiger partial charge in [-0.3, -0.25) is 4.79 Å². The van der Waals surface area contributed by atoms with Gasteiger partial charge in [-0.15, -0.1) is 22.7 Å². The SMILES string of the molecule is CC(O)c1csc(-c2cnc(-c3cnc4[nH]ccc4c3NC3C[C@@H]4CN(C(=O)[C@H](C)O)C[C@@H]4C3)s2)n1. The number of carbonyl (C=O) groups excluding carboxylic acids is 1. The fourth-order valence-electron chi connectivity index (χ4n) is 5.48. The number of nitrogens with one attached hydrogen (secondary N) is 2. The molecule has 1 saturated carbocycles. The Morgan fingerprint density at radius 1 is 1.17 bits per heavy atom. The van der Waals surface area contributed by atoms with Crippen LogP contribution in [0.25, 0.3) is 31.5 Å². The summed E-state index contributed by atoms with van der Waals surface area (Å²) in [6.45, 7) is 4.69. The predicted octanol–water partition coefficient (Wildman–Crippen LogP) is 3.89. The Kier molecular flexibility index (Phi) is 6.03. The van der Waals surface area contributed by atoms with Crippen LogP contribution in [-0.2, 0) is 4.79 Å². The number of likely N-dealkylation sites (tertiary alicyclic amines) is 1. The molecular weight excluding hydrogens is 496 g/mol. The van der Waals surface area contributed by atoms with Gasteiger partial charge in [-0.2, -0.15) is 0 Å². The summed E-state index contributed by atoms with van der Waals surface area (Å²) >= 11 is 3.07. The van der Waals surface area contributed by atoms with Gasteiger partial charge in [0.25, 0.3) is 5.91 Å². The van der Waals surface area contributed by atoms with E-state index in [4.69, 9.17) is 4.98 Å². The quantitative estimate of drug-likeness (QED) is 0.301. The van der Waals surface area contributed by atoms with Gasteiger partial charge in [0.05, 0.1) is 27.9 Å². The van der Waals surface area contributed by atoms with Gasteiger partial charge in [-0.05, 0) is 44.6 Å². The Balaban J connectivity index is 1.25. The molecule has 4 aromatic rings. The van der Waals surface area contributed by atoms with E-state index in [1.807, 2.05) is 34.9 Å². The number of rotatable bonds is 6. The first-order valence-electron chi connectivity index (χ1n) is 12.2. The van der Waals surface area contributed by atoms with Crippen LogP contribution in [0.2, 0.25) is 0 Å². The molecule has 5 heterocycles. The van der Waals surface area contributed by atoms with Crippen LogP contribution in [0, 0.1) is 11.8 Å². The van der Waals surface area contributed by atoms with Gasteiger partial charge < -0.3 is 25.4 Å². The molecule has 4 N–H and O–H groups in total. The lowest BCUT2D eigenvalue weighted by Gasteiger charge is -2.22. The van der Waals surface area contributed by atoms with Crippen molar-refractivity contribution in [2.75, 3.05) is 18.4 Å². The monoisotopic (exact) mass is 524 g/mol. The molecule has 6 rings (SSSR count). The van der Waals surface area contributed by atoms with Crippen LogP contribution in [0.3, 0.4) is 0 Å². The summed E-state index contributed by atoms with van der Waals surface area (Å²) in [6, 6.07) is 2.33. The number of pyridine rings is 1. The maximum absolute atomic E-state index is 12.2. The van der Waals surface area contributed by atoms with E-state index in [2.05, 4.69) is 20.3 Å². The number of aromatic amines is 1. The molecule has 0 aromatic carbocycles. The molecule has 1 amide bonds. The summed E-state index contributed by atoms with van der Waals surface area (Å²) < 4.78 is 0. The van der Waals surface area contributed by atoms with Crippen LogP contribution in [0.5, 0.6) is 0 Å². The van der Waals surface area contributed by atoms with Crippen LogP contribution in [0.15, 0.2) is 30.0 Å². The molecule has 0 spiro atoms. The normalized spacial score (nSPS) is 23.2. The molecule has 1 aliphatic heterocycles.